The summed E-state index contributed by atoms with van der Waals surface area (Å²) in [5.74, 6) is 0. The maximum absolute atomic E-state index is 3.76. The van der Waals surface area contributed by atoms with E-state index in [1.165, 1.54) is 25.7 Å². The van der Waals surface area contributed by atoms with Crippen molar-refractivity contribution in [2.24, 2.45) is 0 Å². The van der Waals surface area contributed by atoms with Gasteiger partial charge in [-0.25, -0.2) is 0 Å². The van der Waals surface area contributed by atoms with Crippen molar-refractivity contribution in [1.29, 1.82) is 0 Å². The van der Waals surface area contributed by atoms with Gasteiger partial charge in [0, 0.05) is 20.2 Å². The molecule has 3 heteroatoms. The zero-order valence-corrected chi connectivity index (χ0v) is 10.3. The molecule has 0 saturated carbocycles. The van der Waals surface area contributed by atoms with Crippen LogP contribution in [0.1, 0.15) is 25.7 Å². The van der Waals surface area contributed by atoms with E-state index in [1.54, 1.807) is 0 Å². The van der Waals surface area contributed by atoms with E-state index in [-0.39, 0.29) is 0 Å². The van der Waals surface area contributed by atoms with Crippen LogP contribution in [0.25, 0.3) is 0 Å². The predicted molar refractivity (Wildman–Crippen MR) is 59.1 cm³/mol. The van der Waals surface area contributed by atoms with Crippen LogP contribution in [0, 0.1) is 0 Å². The molecule has 0 aliphatic carbocycles. The molecule has 2 saturated heterocycles. The number of thioether (sulfide) groups is 1. The fourth-order valence-electron chi connectivity index (χ4n) is 1.91. The Morgan fingerprint density at radius 3 is 1.73 bits per heavy atom. The molecule has 2 aliphatic rings. The smallest absolute Gasteiger partial charge is 0.0265 e. The predicted octanol–water partition coefficient (Wildman–Crippen LogP) is 3.57. The highest BCUT2D eigenvalue weighted by molar-refractivity contribution is 9.10. The number of hydrogen-bond donors (Lipinski definition) is 0. The van der Waals surface area contributed by atoms with Gasteiger partial charge in [-0.3, -0.25) is 0 Å². The lowest BCUT2D eigenvalue weighted by atomic mass is 9.99. The van der Waals surface area contributed by atoms with E-state index in [0.29, 0.717) is 0 Å². The number of hydrogen-bond acceptors (Lipinski definition) is 1. The molecule has 0 spiro atoms. The summed E-state index contributed by atoms with van der Waals surface area (Å²) in [6.07, 6.45) is 5.55. The Morgan fingerprint density at radius 1 is 0.818 bits per heavy atom. The molecule has 2 bridgehead atoms. The van der Waals surface area contributed by atoms with E-state index in [2.05, 4.69) is 43.6 Å². The highest BCUT2D eigenvalue weighted by atomic mass is 79.9. The third-order valence-corrected chi connectivity index (χ3v) is 7.33. The lowest BCUT2D eigenvalue weighted by Gasteiger charge is -2.40. The van der Waals surface area contributed by atoms with Crippen LogP contribution in [0.15, 0.2) is 0 Å². The molecule has 0 aromatic heterocycles. The Hall–Kier alpha value is 1.31. The van der Waals surface area contributed by atoms with Gasteiger partial charge < -0.3 is 0 Å². The molecule has 2 fully saturated rings. The van der Waals surface area contributed by atoms with Crippen LogP contribution < -0.4 is 0 Å². The topological polar surface area (TPSA) is 0 Å². The molecular weight excluding hydrogens is 288 g/mol. The summed E-state index contributed by atoms with van der Waals surface area (Å²) in [7, 11) is 0. The number of fused-ring (bicyclic) bond motifs is 2. The Labute approximate surface area is 89.1 Å². The molecule has 4 atom stereocenters. The quantitative estimate of drug-likeness (QED) is 0.616. The summed E-state index contributed by atoms with van der Waals surface area (Å²) in [6.45, 7) is 0. The third kappa shape index (κ3) is 1.80. The van der Waals surface area contributed by atoms with Gasteiger partial charge in [0.2, 0.25) is 0 Å². The maximum Gasteiger partial charge on any atom is 0.0265 e. The maximum atomic E-state index is 3.76. The van der Waals surface area contributed by atoms with E-state index in [9.17, 15) is 0 Å². The molecule has 64 valence electrons. The summed E-state index contributed by atoms with van der Waals surface area (Å²) >= 11 is 9.72. The van der Waals surface area contributed by atoms with Gasteiger partial charge in [0.1, 0.15) is 0 Å². The van der Waals surface area contributed by atoms with Crippen molar-refractivity contribution in [2.75, 3.05) is 0 Å². The fourth-order valence-corrected chi connectivity index (χ4v) is 5.32. The van der Waals surface area contributed by atoms with Gasteiger partial charge in [-0.2, -0.15) is 11.8 Å². The molecule has 0 aromatic rings. The minimum absolute atomic E-state index is 0.795. The van der Waals surface area contributed by atoms with Gasteiger partial charge >= 0.3 is 0 Å². The Balaban J connectivity index is 2.02. The van der Waals surface area contributed by atoms with Crippen molar-refractivity contribution in [2.45, 2.75) is 45.8 Å². The largest absolute Gasteiger partial charge is 0.153 e. The van der Waals surface area contributed by atoms with Gasteiger partial charge in [0.25, 0.3) is 0 Å². The van der Waals surface area contributed by atoms with Crippen molar-refractivity contribution >= 4 is 43.6 Å². The first-order chi connectivity index (χ1) is 5.27. The molecule has 0 aromatic carbocycles. The molecule has 2 heterocycles. The monoisotopic (exact) mass is 298 g/mol. The zero-order chi connectivity index (χ0) is 7.84. The van der Waals surface area contributed by atoms with Crippen LogP contribution in [-0.2, 0) is 0 Å². The first-order valence-electron chi connectivity index (χ1n) is 4.21. The van der Waals surface area contributed by atoms with Crippen LogP contribution in [0.5, 0.6) is 0 Å². The lowest BCUT2D eigenvalue weighted by Crippen LogP contribution is -2.37. The standard InChI is InChI=1S/C8H12Br2S/c9-5-1-3-7-6(10)2-4-8(5)11-7/h5-8H,1-4H2/t5-,6-,7-,8+/m0/s1. The molecular formula is C8H12Br2S. The van der Waals surface area contributed by atoms with E-state index in [0.717, 1.165) is 20.2 Å². The Morgan fingerprint density at radius 2 is 1.27 bits per heavy atom. The van der Waals surface area contributed by atoms with Crippen molar-refractivity contribution in [1.82, 2.24) is 0 Å². The van der Waals surface area contributed by atoms with Crippen molar-refractivity contribution in [3.05, 3.63) is 0 Å². The molecule has 0 amide bonds. The van der Waals surface area contributed by atoms with Crippen LogP contribution in [0.2, 0.25) is 0 Å². The molecule has 0 unspecified atom stereocenters. The van der Waals surface area contributed by atoms with Crippen molar-refractivity contribution in [3.63, 3.8) is 0 Å². The average molecular weight is 300 g/mol. The fraction of sp³-hybridized carbons (Fsp3) is 1.00. The molecule has 0 radical (unpaired) electrons. The second kappa shape index (κ2) is 3.59. The molecule has 0 nitrogen and oxygen atoms in total. The Kier molecular flexibility index (Phi) is 2.90. The van der Waals surface area contributed by atoms with Gasteiger partial charge in [-0.1, -0.05) is 31.9 Å². The van der Waals surface area contributed by atoms with E-state index in [1.807, 2.05) is 0 Å². The second-order valence-electron chi connectivity index (χ2n) is 3.40. The number of rotatable bonds is 0. The summed E-state index contributed by atoms with van der Waals surface area (Å²) in [6, 6.07) is 0. The summed E-state index contributed by atoms with van der Waals surface area (Å²) < 4.78 is 0. The highest BCUT2D eigenvalue weighted by Gasteiger charge is 2.36. The van der Waals surface area contributed by atoms with Crippen LogP contribution in [0.4, 0.5) is 0 Å². The van der Waals surface area contributed by atoms with E-state index >= 15 is 0 Å². The summed E-state index contributed by atoms with van der Waals surface area (Å²) in [5.41, 5.74) is 0. The van der Waals surface area contributed by atoms with Gasteiger partial charge in [-0.15, -0.1) is 0 Å². The molecule has 0 N–H and O–H groups in total. The zero-order valence-electron chi connectivity index (χ0n) is 6.30. The minimum Gasteiger partial charge on any atom is -0.153 e. The minimum atomic E-state index is 0.795. The van der Waals surface area contributed by atoms with Crippen LogP contribution >= 0.6 is 43.6 Å². The first kappa shape index (κ1) is 8.89. The van der Waals surface area contributed by atoms with E-state index < -0.39 is 0 Å². The van der Waals surface area contributed by atoms with Gasteiger partial charge in [-0.05, 0) is 25.7 Å². The molecule has 2 aliphatic heterocycles. The Bertz CT molecular complexity index is 135. The average Bonchev–Trinajstić information content (AvgIpc) is 2.02. The van der Waals surface area contributed by atoms with Crippen molar-refractivity contribution in [3.8, 4) is 0 Å². The lowest BCUT2D eigenvalue weighted by molar-refractivity contribution is 0.516. The van der Waals surface area contributed by atoms with Crippen LogP contribution in [0.3, 0.4) is 0 Å². The van der Waals surface area contributed by atoms with E-state index in [4.69, 9.17) is 0 Å². The molecule has 2 rings (SSSR count). The first-order valence-corrected chi connectivity index (χ1v) is 6.98. The van der Waals surface area contributed by atoms with Gasteiger partial charge in [0.05, 0.1) is 0 Å². The van der Waals surface area contributed by atoms with Gasteiger partial charge in [0.15, 0.2) is 0 Å². The summed E-state index contributed by atoms with van der Waals surface area (Å²) in [4.78, 5) is 1.59. The SMILES string of the molecule is Br[C@H]1CC[C@H]2S[C@H]1CC[C@@H]2Br. The number of alkyl halides is 2. The van der Waals surface area contributed by atoms with Crippen molar-refractivity contribution < 1.29 is 0 Å². The summed E-state index contributed by atoms with van der Waals surface area (Å²) in [5, 5.41) is 1.81. The molecule has 11 heavy (non-hydrogen) atoms. The normalized spacial score (nSPS) is 50.7. The highest BCUT2D eigenvalue weighted by Crippen LogP contribution is 2.46. The second-order valence-corrected chi connectivity index (χ2v) is 7.24. The third-order valence-electron chi connectivity index (χ3n) is 2.61. The number of halogens is 2. The van der Waals surface area contributed by atoms with Crippen LogP contribution in [-0.4, -0.2) is 20.2 Å².